The zero-order valence-electron chi connectivity index (χ0n) is 14.9. The minimum Gasteiger partial charge on any atom is -0.507 e. The minimum absolute atomic E-state index is 0.0589. The number of carbonyl (C=O) groups is 1. The van der Waals surface area contributed by atoms with Crippen molar-refractivity contribution in [2.45, 2.75) is 31.2 Å². The third-order valence-corrected chi connectivity index (χ3v) is 6.08. The molecule has 1 aliphatic heterocycles. The van der Waals surface area contributed by atoms with Crippen molar-refractivity contribution in [2.24, 2.45) is 0 Å². The van der Waals surface area contributed by atoms with Gasteiger partial charge in [0, 0.05) is 29.2 Å². The molecule has 1 saturated heterocycles. The molecule has 7 heteroatoms. The van der Waals surface area contributed by atoms with Crippen LogP contribution in [0.25, 0.3) is 10.1 Å². The maximum absolute atomic E-state index is 13.0. The Morgan fingerprint density at radius 3 is 2.64 bits per heavy atom. The molecule has 2 aromatic carbocycles. The number of aliphatic hydroxyl groups is 2. The lowest BCUT2D eigenvalue weighted by Gasteiger charge is -2.33. The van der Waals surface area contributed by atoms with Crippen molar-refractivity contribution in [1.82, 2.24) is 0 Å². The van der Waals surface area contributed by atoms with E-state index < -0.39 is 18.3 Å². The Balaban J connectivity index is 1.71. The number of fused-ring (bicyclic) bond motifs is 1. The molecule has 1 aromatic heterocycles. The molecule has 1 fully saturated rings. The Bertz CT molecular complexity index is 994. The average molecular weight is 400 g/mol. The predicted molar refractivity (Wildman–Crippen MR) is 105 cm³/mol. The summed E-state index contributed by atoms with van der Waals surface area (Å²) in [6.45, 7) is -0.250. The Hall–Kier alpha value is -2.45. The number of rotatable bonds is 4. The highest BCUT2D eigenvalue weighted by Gasteiger charge is 2.32. The molecule has 28 heavy (non-hydrogen) atoms. The number of hydrogen-bond donors (Lipinski definition) is 4. The van der Waals surface area contributed by atoms with Crippen LogP contribution in [0.1, 0.15) is 39.7 Å². The molecule has 3 aromatic rings. The number of phenolic OH excluding ortho intramolecular Hbond substituents is 2. The summed E-state index contributed by atoms with van der Waals surface area (Å²) < 4.78 is 6.71. The third-order valence-electron chi connectivity index (χ3n) is 4.97. The first-order valence-electron chi connectivity index (χ1n) is 8.99. The Labute approximate surface area is 165 Å². The number of phenols is 2. The lowest BCUT2D eigenvalue weighted by Crippen LogP contribution is -2.33. The molecule has 146 valence electrons. The van der Waals surface area contributed by atoms with Crippen molar-refractivity contribution in [1.29, 1.82) is 0 Å². The van der Waals surface area contributed by atoms with Gasteiger partial charge in [0.15, 0.2) is 0 Å². The van der Waals surface area contributed by atoms with Crippen LogP contribution in [0.4, 0.5) is 0 Å². The SMILES string of the molecule is O=C(c1cc2ccccc2s1)c1cc(C2CC(O)CC(CO)O2)c(O)cc1O. The van der Waals surface area contributed by atoms with Gasteiger partial charge in [0.25, 0.3) is 0 Å². The van der Waals surface area contributed by atoms with Gasteiger partial charge in [-0.25, -0.2) is 0 Å². The van der Waals surface area contributed by atoms with Crippen LogP contribution in [-0.2, 0) is 4.74 Å². The Morgan fingerprint density at radius 1 is 1.11 bits per heavy atom. The number of aliphatic hydroxyl groups excluding tert-OH is 2. The van der Waals surface area contributed by atoms with E-state index in [0.29, 0.717) is 16.9 Å². The van der Waals surface area contributed by atoms with E-state index in [0.717, 1.165) is 16.2 Å². The van der Waals surface area contributed by atoms with Crippen molar-refractivity contribution in [3.8, 4) is 11.5 Å². The van der Waals surface area contributed by atoms with Crippen molar-refractivity contribution in [2.75, 3.05) is 6.61 Å². The molecule has 0 saturated carbocycles. The summed E-state index contributed by atoms with van der Waals surface area (Å²) in [6, 6.07) is 11.9. The summed E-state index contributed by atoms with van der Waals surface area (Å²) in [5.74, 6) is -0.894. The minimum atomic E-state index is -0.689. The lowest BCUT2D eigenvalue weighted by atomic mass is 9.93. The van der Waals surface area contributed by atoms with Gasteiger partial charge < -0.3 is 25.2 Å². The van der Waals surface area contributed by atoms with Crippen molar-refractivity contribution < 1.29 is 30.0 Å². The maximum Gasteiger partial charge on any atom is 0.206 e. The van der Waals surface area contributed by atoms with Gasteiger partial charge >= 0.3 is 0 Å². The summed E-state index contributed by atoms with van der Waals surface area (Å²) in [6.07, 6.45) is -1.39. The van der Waals surface area contributed by atoms with Gasteiger partial charge in [0.2, 0.25) is 5.78 Å². The van der Waals surface area contributed by atoms with E-state index in [4.69, 9.17) is 4.74 Å². The first-order chi connectivity index (χ1) is 13.5. The first-order valence-corrected chi connectivity index (χ1v) is 9.81. The lowest BCUT2D eigenvalue weighted by molar-refractivity contribution is -0.114. The summed E-state index contributed by atoms with van der Waals surface area (Å²) in [5.41, 5.74) is 0.364. The molecule has 3 unspecified atom stereocenters. The highest BCUT2D eigenvalue weighted by molar-refractivity contribution is 7.21. The summed E-state index contributed by atoms with van der Waals surface area (Å²) in [7, 11) is 0. The van der Waals surface area contributed by atoms with Crippen LogP contribution in [0.3, 0.4) is 0 Å². The van der Waals surface area contributed by atoms with Gasteiger partial charge in [0.05, 0.1) is 35.4 Å². The van der Waals surface area contributed by atoms with Crippen LogP contribution in [-0.4, -0.2) is 45.0 Å². The van der Waals surface area contributed by atoms with E-state index in [9.17, 15) is 25.2 Å². The Kier molecular flexibility index (Phi) is 5.07. The van der Waals surface area contributed by atoms with Gasteiger partial charge in [-0.2, -0.15) is 0 Å². The van der Waals surface area contributed by atoms with E-state index in [1.54, 1.807) is 6.07 Å². The van der Waals surface area contributed by atoms with Crippen LogP contribution in [0.15, 0.2) is 42.5 Å². The fourth-order valence-corrected chi connectivity index (χ4v) is 4.59. The molecule has 6 nitrogen and oxygen atoms in total. The number of carbonyl (C=O) groups excluding carboxylic acids is 1. The van der Waals surface area contributed by atoms with Crippen LogP contribution in [0.2, 0.25) is 0 Å². The highest BCUT2D eigenvalue weighted by Crippen LogP contribution is 2.40. The van der Waals surface area contributed by atoms with E-state index in [2.05, 4.69) is 0 Å². The van der Waals surface area contributed by atoms with E-state index in [1.807, 2.05) is 24.3 Å². The standard InChI is InChI=1S/C21H20O6S/c22-10-13-6-12(23)7-18(27-13)14-8-15(17(25)9-16(14)24)21(26)20-5-11-3-1-2-4-19(11)28-20/h1-5,8-9,12-13,18,22-25H,6-7,10H2. The summed E-state index contributed by atoms with van der Waals surface area (Å²) in [5, 5.41) is 40.9. The molecule has 4 N–H and O–H groups in total. The van der Waals surface area contributed by atoms with Crippen LogP contribution < -0.4 is 0 Å². The average Bonchev–Trinajstić information content (AvgIpc) is 3.11. The Morgan fingerprint density at radius 2 is 1.89 bits per heavy atom. The monoisotopic (exact) mass is 400 g/mol. The molecular formula is C21H20O6S. The second kappa shape index (κ2) is 7.52. The molecule has 0 amide bonds. The molecule has 0 bridgehead atoms. The van der Waals surface area contributed by atoms with E-state index in [-0.39, 0.29) is 35.9 Å². The van der Waals surface area contributed by atoms with Gasteiger partial charge in [-0.1, -0.05) is 18.2 Å². The normalized spacial score (nSPS) is 22.4. The molecule has 0 spiro atoms. The topological polar surface area (TPSA) is 107 Å². The fourth-order valence-electron chi connectivity index (χ4n) is 3.57. The van der Waals surface area contributed by atoms with Gasteiger partial charge in [-0.3, -0.25) is 4.79 Å². The van der Waals surface area contributed by atoms with Crippen molar-refractivity contribution in [3.63, 3.8) is 0 Å². The number of hydrogen-bond acceptors (Lipinski definition) is 7. The molecule has 1 aliphatic rings. The molecule has 0 aliphatic carbocycles. The summed E-state index contributed by atoms with van der Waals surface area (Å²) in [4.78, 5) is 13.5. The van der Waals surface area contributed by atoms with Crippen LogP contribution in [0.5, 0.6) is 11.5 Å². The van der Waals surface area contributed by atoms with Crippen molar-refractivity contribution in [3.05, 3.63) is 58.5 Å². The largest absolute Gasteiger partial charge is 0.507 e. The van der Waals surface area contributed by atoms with Crippen molar-refractivity contribution >= 4 is 27.2 Å². The zero-order valence-corrected chi connectivity index (χ0v) is 15.7. The van der Waals surface area contributed by atoms with Gasteiger partial charge in [0.1, 0.15) is 11.5 Å². The zero-order chi connectivity index (χ0) is 19.8. The van der Waals surface area contributed by atoms with Gasteiger partial charge in [-0.05, 0) is 23.6 Å². The molecular weight excluding hydrogens is 380 g/mol. The first kappa shape index (κ1) is 18.9. The number of thiophene rings is 1. The molecule has 4 rings (SSSR count). The van der Waals surface area contributed by atoms with Gasteiger partial charge in [-0.15, -0.1) is 11.3 Å². The maximum atomic E-state index is 13.0. The van der Waals surface area contributed by atoms with Crippen LogP contribution >= 0.6 is 11.3 Å². The quantitative estimate of drug-likeness (QED) is 0.501. The number of ether oxygens (including phenoxy) is 1. The predicted octanol–water partition coefficient (Wildman–Crippen LogP) is 3.12. The summed E-state index contributed by atoms with van der Waals surface area (Å²) >= 11 is 1.33. The molecule has 2 heterocycles. The molecule has 3 atom stereocenters. The van der Waals surface area contributed by atoms with Crippen LogP contribution in [0, 0.1) is 0 Å². The number of benzene rings is 2. The number of ketones is 1. The molecule has 0 radical (unpaired) electrons. The second-order valence-corrected chi connectivity index (χ2v) is 8.04. The fraction of sp³-hybridized carbons (Fsp3) is 0.286. The number of aromatic hydroxyl groups is 2. The smallest absolute Gasteiger partial charge is 0.206 e. The third kappa shape index (κ3) is 3.49. The highest BCUT2D eigenvalue weighted by atomic mass is 32.1. The van der Waals surface area contributed by atoms with E-state index >= 15 is 0 Å². The van der Waals surface area contributed by atoms with E-state index in [1.165, 1.54) is 17.4 Å². The second-order valence-electron chi connectivity index (χ2n) is 6.96.